The van der Waals surface area contributed by atoms with E-state index < -0.39 is 0 Å². The lowest BCUT2D eigenvalue weighted by Gasteiger charge is -2.42. The Kier molecular flexibility index (Phi) is 5.37. The molecule has 0 spiro atoms. The van der Waals surface area contributed by atoms with E-state index in [0.717, 1.165) is 51.0 Å². The van der Waals surface area contributed by atoms with Gasteiger partial charge in [0.15, 0.2) is 0 Å². The molecule has 2 aliphatic heterocycles. The Bertz CT molecular complexity index is 374. The standard InChI is InChI=1S/C17H31N3O2/c1-13-2-4-14(5-3-13)19-8-10-20(11-9-19)17(21)16-7-6-15(12-18)22-16/h13-16H,2-12,18H2,1H3/t13?,14?,15-,16+/m1/s1. The molecule has 2 N–H and O–H groups in total. The van der Waals surface area contributed by atoms with Crippen LogP contribution < -0.4 is 5.73 Å². The van der Waals surface area contributed by atoms with E-state index in [1.165, 1.54) is 25.7 Å². The monoisotopic (exact) mass is 309 g/mol. The largest absolute Gasteiger partial charge is 0.364 e. The van der Waals surface area contributed by atoms with Crippen LogP contribution in [0.15, 0.2) is 0 Å². The van der Waals surface area contributed by atoms with Crippen molar-refractivity contribution in [3.8, 4) is 0 Å². The summed E-state index contributed by atoms with van der Waals surface area (Å²) in [5.74, 6) is 1.09. The van der Waals surface area contributed by atoms with E-state index in [1.807, 2.05) is 4.90 Å². The number of hydrogen-bond acceptors (Lipinski definition) is 4. The molecule has 0 radical (unpaired) electrons. The maximum atomic E-state index is 12.5. The van der Waals surface area contributed by atoms with Crippen LogP contribution in [0.4, 0.5) is 0 Å². The van der Waals surface area contributed by atoms with E-state index in [0.29, 0.717) is 6.54 Å². The van der Waals surface area contributed by atoms with E-state index in [9.17, 15) is 4.79 Å². The molecule has 3 rings (SSSR count). The van der Waals surface area contributed by atoms with Gasteiger partial charge in [0.2, 0.25) is 0 Å². The van der Waals surface area contributed by atoms with Crippen molar-refractivity contribution >= 4 is 5.91 Å². The van der Waals surface area contributed by atoms with Gasteiger partial charge in [0.1, 0.15) is 6.10 Å². The van der Waals surface area contributed by atoms with Crippen molar-refractivity contribution < 1.29 is 9.53 Å². The van der Waals surface area contributed by atoms with E-state index in [-0.39, 0.29) is 18.1 Å². The van der Waals surface area contributed by atoms with Crippen molar-refractivity contribution in [2.75, 3.05) is 32.7 Å². The molecule has 2 heterocycles. The highest BCUT2D eigenvalue weighted by Gasteiger charge is 2.35. The molecule has 5 heteroatoms. The SMILES string of the molecule is CC1CCC(N2CCN(C(=O)[C@@H]3CC[C@H](CN)O3)CC2)CC1. The molecule has 0 aromatic heterocycles. The Balaban J connectivity index is 1.44. The Morgan fingerprint density at radius 1 is 1.05 bits per heavy atom. The van der Waals surface area contributed by atoms with Gasteiger partial charge in [-0.25, -0.2) is 0 Å². The van der Waals surface area contributed by atoms with Crippen LogP contribution >= 0.6 is 0 Å². The van der Waals surface area contributed by atoms with E-state index in [1.54, 1.807) is 0 Å². The number of ether oxygens (including phenoxy) is 1. The summed E-state index contributed by atoms with van der Waals surface area (Å²) in [6.07, 6.45) is 6.99. The minimum atomic E-state index is -0.240. The zero-order valence-electron chi connectivity index (χ0n) is 13.9. The molecule has 1 aliphatic carbocycles. The van der Waals surface area contributed by atoms with Crippen molar-refractivity contribution in [1.29, 1.82) is 0 Å². The minimum absolute atomic E-state index is 0.0828. The number of amides is 1. The summed E-state index contributed by atoms with van der Waals surface area (Å²) in [5, 5.41) is 0. The van der Waals surface area contributed by atoms with Crippen molar-refractivity contribution in [3.05, 3.63) is 0 Å². The number of nitrogens with two attached hydrogens (primary N) is 1. The molecular weight excluding hydrogens is 278 g/mol. The number of nitrogens with zero attached hydrogens (tertiary/aromatic N) is 2. The van der Waals surface area contributed by atoms with Gasteiger partial charge in [0.25, 0.3) is 5.91 Å². The highest BCUT2D eigenvalue weighted by atomic mass is 16.5. The first-order chi connectivity index (χ1) is 10.7. The highest BCUT2D eigenvalue weighted by Crippen LogP contribution is 2.28. The Morgan fingerprint density at radius 3 is 2.32 bits per heavy atom. The maximum absolute atomic E-state index is 12.5. The second-order valence-electron chi connectivity index (χ2n) is 7.33. The summed E-state index contributed by atoms with van der Waals surface area (Å²) in [7, 11) is 0. The van der Waals surface area contributed by atoms with Gasteiger partial charge in [-0.3, -0.25) is 9.69 Å². The first-order valence-electron chi connectivity index (χ1n) is 9.05. The van der Waals surface area contributed by atoms with Gasteiger partial charge >= 0.3 is 0 Å². The fraction of sp³-hybridized carbons (Fsp3) is 0.941. The van der Waals surface area contributed by atoms with E-state index in [2.05, 4.69) is 11.8 Å². The summed E-state index contributed by atoms with van der Waals surface area (Å²) >= 11 is 0. The summed E-state index contributed by atoms with van der Waals surface area (Å²) in [6.45, 7) is 6.66. The predicted octanol–water partition coefficient (Wildman–Crippen LogP) is 1.22. The van der Waals surface area contributed by atoms with Gasteiger partial charge in [-0.15, -0.1) is 0 Å². The van der Waals surface area contributed by atoms with Crippen LogP contribution in [-0.4, -0.2) is 66.7 Å². The molecule has 0 aromatic rings. The molecule has 1 saturated carbocycles. The molecule has 3 aliphatic rings. The predicted molar refractivity (Wildman–Crippen MR) is 86.5 cm³/mol. The molecule has 22 heavy (non-hydrogen) atoms. The third kappa shape index (κ3) is 3.63. The topological polar surface area (TPSA) is 58.8 Å². The first kappa shape index (κ1) is 16.2. The van der Waals surface area contributed by atoms with Crippen molar-refractivity contribution in [3.63, 3.8) is 0 Å². The van der Waals surface area contributed by atoms with Crippen LogP contribution in [0.1, 0.15) is 45.4 Å². The van der Waals surface area contributed by atoms with Gasteiger partial charge in [-0.2, -0.15) is 0 Å². The molecule has 0 aromatic carbocycles. The lowest BCUT2D eigenvalue weighted by Crippen LogP contribution is -2.54. The minimum Gasteiger partial charge on any atom is -0.364 e. The molecular formula is C17H31N3O2. The van der Waals surface area contributed by atoms with Crippen LogP contribution in [0.25, 0.3) is 0 Å². The summed E-state index contributed by atoms with van der Waals surface area (Å²) in [5.41, 5.74) is 5.63. The Morgan fingerprint density at radius 2 is 1.73 bits per heavy atom. The smallest absolute Gasteiger partial charge is 0.251 e. The van der Waals surface area contributed by atoms with Crippen LogP contribution in [0.2, 0.25) is 0 Å². The summed E-state index contributed by atoms with van der Waals surface area (Å²) < 4.78 is 5.75. The number of carbonyl (C=O) groups is 1. The number of carbonyl (C=O) groups excluding carboxylic acids is 1. The van der Waals surface area contributed by atoms with Gasteiger partial charge < -0.3 is 15.4 Å². The quantitative estimate of drug-likeness (QED) is 0.851. The first-order valence-corrected chi connectivity index (χ1v) is 9.05. The molecule has 126 valence electrons. The summed E-state index contributed by atoms with van der Waals surface area (Å²) in [6, 6.07) is 0.748. The third-order valence-corrected chi connectivity index (χ3v) is 5.77. The van der Waals surface area contributed by atoms with Crippen LogP contribution in [0, 0.1) is 5.92 Å². The zero-order chi connectivity index (χ0) is 15.5. The molecule has 3 fully saturated rings. The van der Waals surface area contributed by atoms with Crippen LogP contribution in [0.5, 0.6) is 0 Å². The molecule has 0 bridgehead atoms. The average Bonchev–Trinajstić information content (AvgIpc) is 3.04. The van der Waals surface area contributed by atoms with Crippen LogP contribution in [0.3, 0.4) is 0 Å². The Hall–Kier alpha value is -0.650. The lowest BCUT2D eigenvalue weighted by atomic mass is 9.86. The second-order valence-corrected chi connectivity index (χ2v) is 7.33. The fourth-order valence-corrected chi connectivity index (χ4v) is 4.18. The third-order valence-electron chi connectivity index (χ3n) is 5.77. The molecule has 2 saturated heterocycles. The summed E-state index contributed by atoms with van der Waals surface area (Å²) in [4.78, 5) is 17.1. The molecule has 1 amide bonds. The number of piperazine rings is 1. The fourth-order valence-electron chi connectivity index (χ4n) is 4.18. The second kappa shape index (κ2) is 7.28. The van der Waals surface area contributed by atoms with Crippen molar-refractivity contribution in [2.45, 2.75) is 63.7 Å². The van der Waals surface area contributed by atoms with Gasteiger partial charge in [0.05, 0.1) is 6.10 Å². The lowest BCUT2D eigenvalue weighted by molar-refractivity contribution is -0.145. The van der Waals surface area contributed by atoms with Gasteiger partial charge in [-0.05, 0) is 44.4 Å². The van der Waals surface area contributed by atoms with Crippen molar-refractivity contribution in [2.24, 2.45) is 11.7 Å². The van der Waals surface area contributed by atoms with Crippen molar-refractivity contribution in [1.82, 2.24) is 9.80 Å². The molecule has 2 atom stereocenters. The normalized spacial score (nSPS) is 37.5. The highest BCUT2D eigenvalue weighted by molar-refractivity contribution is 5.81. The molecule has 0 unspecified atom stereocenters. The van der Waals surface area contributed by atoms with E-state index in [4.69, 9.17) is 10.5 Å². The zero-order valence-corrected chi connectivity index (χ0v) is 13.9. The maximum Gasteiger partial charge on any atom is 0.251 e. The Labute approximate surface area is 134 Å². The van der Waals surface area contributed by atoms with Gasteiger partial charge in [0, 0.05) is 38.8 Å². The number of hydrogen-bond donors (Lipinski definition) is 1. The number of rotatable bonds is 3. The average molecular weight is 309 g/mol. The van der Waals surface area contributed by atoms with E-state index >= 15 is 0 Å². The van der Waals surface area contributed by atoms with Gasteiger partial charge in [-0.1, -0.05) is 6.92 Å². The van der Waals surface area contributed by atoms with Crippen LogP contribution in [-0.2, 0) is 9.53 Å². The molecule has 5 nitrogen and oxygen atoms in total.